The summed E-state index contributed by atoms with van der Waals surface area (Å²) >= 11 is 1.59. The first-order valence-electron chi connectivity index (χ1n) is 5.99. The maximum absolute atomic E-state index is 5.80. The fourth-order valence-electron chi connectivity index (χ4n) is 1.20. The van der Waals surface area contributed by atoms with Crippen molar-refractivity contribution in [2.24, 2.45) is 10.7 Å². The van der Waals surface area contributed by atoms with E-state index in [-0.39, 0.29) is 34.9 Å². The molecule has 0 amide bonds. The normalized spacial score (nSPS) is 13.1. The molecule has 1 aromatic rings. The highest BCUT2D eigenvalue weighted by Gasteiger charge is 2.19. The zero-order valence-corrected chi connectivity index (χ0v) is 15.6. The first kappa shape index (κ1) is 18.6. The van der Waals surface area contributed by atoms with Gasteiger partial charge in [0, 0.05) is 11.0 Å². The Morgan fingerprint density at radius 1 is 1.21 bits per heavy atom. The van der Waals surface area contributed by atoms with E-state index >= 15 is 0 Å². The van der Waals surface area contributed by atoms with E-state index in [9.17, 15) is 0 Å². The van der Waals surface area contributed by atoms with Gasteiger partial charge in [0.1, 0.15) is 10.0 Å². The lowest BCUT2D eigenvalue weighted by Gasteiger charge is -2.20. The quantitative estimate of drug-likeness (QED) is 0.457. The van der Waals surface area contributed by atoms with Crippen LogP contribution < -0.4 is 11.1 Å². The molecule has 0 fully saturated rings. The van der Waals surface area contributed by atoms with Gasteiger partial charge >= 0.3 is 0 Å². The summed E-state index contributed by atoms with van der Waals surface area (Å²) in [5.41, 5.74) is 5.75. The van der Waals surface area contributed by atoms with Gasteiger partial charge < -0.3 is 11.1 Å². The van der Waals surface area contributed by atoms with Crippen LogP contribution in [-0.4, -0.2) is 21.7 Å². The van der Waals surface area contributed by atoms with Gasteiger partial charge in [-0.25, -0.2) is 4.99 Å². The second-order valence-corrected chi connectivity index (χ2v) is 7.39. The van der Waals surface area contributed by atoms with Crippen LogP contribution in [0.15, 0.2) is 4.99 Å². The monoisotopic (exact) mass is 397 g/mol. The van der Waals surface area contributed by atoms with Crippen molar-refractivity contribution in [1.82, 2.24) is 15.5 Å². The summed E-state index contributed by atoms with van der Waals surface area (Å²) < 4.78 is 0. The molecule has 0 unspecified atom stereocenters. The van der Waals surface area contributed by atoms with Crippen molar-refractivity contribution >= 4 is 41.3 Å². The van der Waals surface area contributed by atoms with Crippen molar-refractivity contribution in [3.05, 3.63) is 10.0 Å². The van der Waals surface area contributed by atoms with E-state index in [1.807, 2.05) is 20.8 Å². The highest BCUT2D eigenvalue weighted by Crippen LogP contribution is 2.25. The second kappa shape index (κ2) is 6.83. The Balaban J connectivity index is 0.00000324. The lowest BCUT2D eigenvalue weighted by molar-refractivity contribution is 0.508. The number of aliphatic imine (C=N–C) groups is 1. The largest absolute Gasteiger partial charge is 0.370 e. The molecular formula is C12H24IN5S. The van der Waals surface area contributed by atoms with E-state index in [0.717, 1.165) is 10.0 Å². The first-order valence-corrected chi connectivity index (χ1v) is 6.80. The number of halogens is 1. The summed E-state index contributed by atoms with van der Waals surface area (Å²) in [7, 11) is 0. The molecule has 3 N–H and O–H groups in total. The molecule has 0 radical (unpaired) electrons. The van der Waals surface area contributed by atoms with Crippen LogP contribution in [0.2, 0.25) is 0 Å². The van der Waals surface area contributed by atoms with Gasteiger partial charge in [0.2, 0.25) is 0 Å². The number of hydrogen-bond donors (Lipinski definition) is 2. The number of hydrogen-bond acceptors (Lipinski definition) is 4. The van der Waals surface area contributed by atoms with Crippen LogP contribution in [0.5, 0.6) is 0 Å². The Morgan fingerprint density at radius 3 is 2.21 bits per heavy atom. The molecule has 1 heterocycles. The van der Waals surface area contributed by atoms with E-state index in [1.54, 1.807) is 11.3 Å². The Labute approximate surface area is 136 Å². The fraction of sp³-hybridized carbons (Fsp3) is 0.750. The third kappa shape index (κ3) is 7.05. The van der Waals surface area contributed by atoms with Gasteiger partial charge in [0.05, 0.1) is 6.54 Å². The minimum absolute atomic E-state index is 0. The van der Waals surface area contributed by atoms with Crippen LogP contribution in [0.1, 0.15) is 51.6 Å². The molecule has 0 atom stereocenters. The fourth-order valence-corrected chi connectivity index (χ4v) is 2.02. The molecule has 0 aliphatic carbocycles. The summed E-state index contributed by atoms with van der Waals surface area (Å²) in [6.07, 6.45) is 0. The highest BCUT2D eigenvalue weighted by molar-refractivity contribution is 14.0. The van der Waals surface area contributed by atoms with Crippen LogP contribution in [0.25, 0.3) is 0 Å². The molecule has 110 valence electrons. The van der Waals surface area contributed by atoms with Crippen molar-refractivity contribution in [3.8, 4) is 0 Å². The van der Waals surface area contributed by atoms with Gasteiger partial charge in [-0.05, 0) is 20.8 Å². The second-order valence-electron chi connectivity index (χ2n) is 6.33. The van der Waals surface area contributed by atoms with Gasteiger partial charge in [-0.3, -0.25) is 0 Å². The zero-order valence-electron chi connectivity index (χ0n) is 12.4. The molecule has 0 aromatic carbocycles. The van der Waals surface area contributed by atoms with Crippen LogP contribution in [0.3, 0.4) is 0 Å². The molecule has 0 aliphatic rings. The van der Waals surface area contributed by atoms with Crippen LogP contribution >= 0.6 is 35.3 Å². The first-order chi connectivity index (χ1) is 8.08. The Morgan fingerprint density at radius 2 is 1.79 bits per heavy atom. The van der Waals surface area contributed by atoms with Gasteiger partial charge in [-0.15, -0.1) is 34.2 Å². The maximum Gasteiger partial charge on any atom is 0.189 e. The summed E-state index contributed by atoms with van der Waals surface area (Å²) in [6.45, 7) is 13.0. The number of aromatic nitrogens is 2. The molecule has 0 spiro atoms. The van der Waals surface area contributed by atoms with E-state index in [4.69, 9.17) is 5.73 Å². The van der Waals surface area contributed by atoms with Crippen molar-refractivity contribution in [2.75, 3.05) is 0 Å². The van der Waals surface area contributed by atoms with Gasteiger partial charge in [-0.1, -0.05) is 32.1 Å². The van der Waals surface area contributed by atoms with Crippen LogP contribution in [-0.2, 0) is 12.0 Å². The summed E-state index contributed by atoms with van der Waals surface area (Å²) in [5.74, 6) is 0.440. The van der Waals surface area contributed by atoms with E-state index in [0.29, 0.717) is 12.5 Å². The molecule has 0 saturated heterocycles. The molecule has 1 rings (SSSR count). The summed E-state index contributed by atoms with van der Waals surface area (Å²) in [5, 5.41) is 13.3. The molecule has 0 bridgehead atoms. The molecule has 0 saturated carbocycles. The van der Waals surface area contributed by atoms with Gasteiger partial charge in [0.15, 0.2) is 5.96 Å². The minimum Gasteiger partial charge on any atom is -0.370 e. The van der Waals surface area contributed by atoms with Crippen molar-refractivity contribution in [3.63, 3.8) is 0 Å². The number of nitrogens with two attached hydrogens (primary N) is 1. The van der Waals surface area contributed by atoms with Gasteiger partial charge in [-0.2, -0.15) is 0 Å². The van der Waals surface area contributed by atoms with Gasteiger partial charge in [0.25, 0.3) is 0 Å². The predicted octanol–water partition coefficient (Wildman–Crippen LogP) is 2.66. The minimum atomic E-state index is -0.0781. The van der Waals surface area contributed by atoms with Crippen LogP contribution in [0.4, 0.5) is 0 Å². The van der Waals surface area contributed by atoms with E-state index in [2.05, 4.69) is 41.3 Å². The highest BCUT2D eigenvalue weighted by atomic mass is 127. The predicted molar refractivity (Wildman–Crippen MR) is 92.2 cm³/mol. The molecule has 1 aromatic heterocycles. The Hall–Kier alpha value is -0.440. The molecule has 5 nitrogen and oxygen atoms in total. The van der Waals surface area contributed by atoms with Crippen molar-refractivity contribution < 1.29 is 0 Å². The molecule has 19 heavy (non-hydrogen) atoms. The average Bonchev–Trinajstić information content (AvgIpc) is 2.59. The van der Waals surface area contributed by atoms with Crippen LogP contribution in [0, 0.1) is 0 Å². The van der Waals surface area contributed by atoms with E-state index < -0.39 is 0 Å². The lowest BCUT2D eigenvalue weighted by Crippen LogP contribution is -2.44. The number of nitrogens with zero attached hydrogens (tertiary/aromatic N) is 3. The zero-order chi connectivity index (χ0) is 14.0. The molecular weight excluding hydrogens is 373 g/mol. The topological polar surface area (TPSA) is 76.2 Å². The Kier molecular flexibility index (Phi) is 6.67. The Bertz CT molecular complexity index is 428. The number of rotatable bonds is 2. The third-order valence-corrected chi connectivity index (χ3v) is 3.33. The van der Waals surface area contributed by atoms with Crippen molar-refractivity contribution in [2.45, 2.75) is 59.0 Å². The standard InChI is InChI=1S/C12H23N5S.HI/c1-11(2,3)9-17-16-8(18-9)7-14-10(13)15-12(4,5)6;/h7H2,1-6H3,(H3,13,14,15);1H. The lowest BCUT2D eigenvalue weighted by atomic mass is 9.98. The van der Waals surface area contributed by atoms with Crippen molar-refractivity contribution in [1.29, 1.82) is 0 Å². The summed E-state index contributed by atoms with van der Waals surface area (Å²) in [4.78, 5) is 4.27. The number of guanidine groups is 1. The van der Waals surface area contributed by atoms with E-state index in [1.165, 1.54) is 0 Å². The number of nitrogens with one attached hydrogen (secondary N) is 1. The summed E-state index contributed by atoms with van der Waals surface area (Å²) in [6, 6.07) is 0. The average molecular weight is 397 g/mol. The SMILES string of the molecule is CC(C)(C)NC(N)=NCc1nnc(C(C)(C)C)s1.I. The smallest absolute Gasteiger partial charge is 0.189 e. The maximum atomic E-state index is 5.80. The molecule has 0 aliphatic heterocycles. The third-order valence-electron chi connectivity index (χ3n) is 2.00. The molecule has 7 heteroatoms.